The molecule has 100 valence electrons. The molecule has 1 aliphatic heterocycles. The predicted octanol–water partition coefficient (Wildman–Crippen LogP) is -0.985. The first-order valence-corrected chi connectivity index (χ1v) is 6.13. The molecule has 0 bridgehead atoms. The van der Waals surface area contributed by atoms with Gasteiger partial charge >= 0.3 is 5.69 Å². The topological polar surface area (TPSA) is 72.2 Å². The Kier molecular flexibility index (Phi) is 3.51. The smallest absolute Gasteiger partial charge is 0.342 e. The van der Waals surface area contributed by atoms with Gasteiger partial charge in [-0.05, 0) is 13.8 Å². The van der Waals surface area contributed by atoms with E-state index < -0.39 is 0 Å². The summed E-state index contributed by atoms with van der Waals surface area (Å²) >= 11 is 0. The molecular formula is C11H19N5O2. The maximum atomic E-state index is 12.0. The average molecular weight is 253 g/mol. The molecule has 0 saturated carbocycles. The van der Waals surface area contributed by atoms with E-state index in [-0.39, 0.29) is 24.2 Å². The highest BCUT2D eigenvalue weighted by molar-refractivity contribution is 5.75. The van der Waals surface area contributed by atoms with Crippen LogP contribution < -0.4 is 11.0 Å². The van der Waals surface area contributed by atoms with Crippen LogP contribution in [0, 0.1) is 0 Å². The van der Waals surface area contributed by atoms with Crippen molar-refractivity contribution >= 4 is 5.91 Å². The minimum atomic E-state index is -0.197. The molecule has 1 aromatic heterocycles. The Labute approximate surface area is 105 Å². The van der Waals surface area contributed by atoms with Crippen molar-refractivity contribution < 1.29 is 4.79 Å². The van der Waals surface area contributed by atoms with Gasteiger partial charge in [-0.15, -0.1) is 0 Å². The van der Waals surface area contributed by atoms with Crippen molar-refractivity contribution in [1.29, 1.82) is 0 Å². The third-order valence-electron chi connectivity index (χ3n) is 3.25. The zero-order valence-electron chi connectivity index (χ0n) is 11.0. The Hall–Kier alpha value is -1.63. The molecule has 18 heavy (non-hydrogen) atoms. The zero-order valence-corrected chi connectivity index (χ0v) is 11.0. The first-order valence-electron chi connectivity index (χ1n) is 6.13. The summed E-state index contributed by atoms with van der Waals surface area (Å²) in [6.07, 6.45) is 0. The number of rotatable bonds is 3. The van der Waals surface area contributed by atoms with Crippen LogP contribution >= 0.6 is 0 Å². The zero-order chi connectivity index (χ0) is 13.3. The molecular weight excluding hydrogens is 234 g/mol. The van der Waals surface area contributed by atoms with Crippen molar-refractivity contribution in [2.75, 3.05) is 13.6 Å². The number of nitrogens with one attached hydrogen (secondary N) is 1. The third-order valence-corrected chi connectivity index (χ3v) is 3.25. The van der Waals surface area contributed by atoms with Gasteiger partial charge < -0.3 is 10.2 Å². The van der Waals surface area contributed by atoms with Gasteiger partial charge in [0.05, 0.1) is 6.54 Å². The van der Waals surface area contributed by atoms with Gasteiger partial charge in [0.2, 0.25) is 5.91 Å². The second-order valence-electron chi connectivity index (χ2n) is 4.78. The van der Waals surface area contributed by atoms with Gasteiger partial charge in [-0.25, -0.2) is 9.48 Å². The Bertz CT molecular complexity index is 502. The molecule has 0 aliphatic carbocycles. The molecule has 0 saturated heterocycles. The van der Waals surface area contributed by atoms with E-state index in [1.807, 2.05) is 13.8 Å². The van der Waals surface area contributed by atoms with Gasteiger partial charge in [-0.2, -0.15) is 5.10 Å². The Balaban J connectivity index is 2.18. The summed E-state index contributed by atoms with van der Waals surface area (Å²) in [5.74, 6) is 0.599. The molecule has 1 aromatic rings. The molecule has 2 heterocycles. The van der Waals surface area contributed by atoms with Crippen LogP contribution in [0.3, 0.4) is 0 Å². The number of carbonyl (C=O) groups excluding carboxylic acids is 1. The lowest BCUT2D eigenvalue weighted by Crippen LogP contribution is -2.39. The number of hydrogen-bond donors (Lipinski definition) is 1. The molecule has 1 N–H and O–H groups in total. The monoisotopic (exact) mass is 253 g/mol. The summed E-state index contributed by atoms with van der Waals surface area (Å²) in [5.41, 5.74) is -0.197. The number of amides is 1. The molecule has 0 unspecified atom stereocenters. The molecule has 0 spiro atoms. The minimum Gasteiger partial charge on any atom is -0.342 e. The number of carbonyl (C=O) groups is 1. The maximum absolute atomic E-state index is 12.0. The van der Waals surface area contributed by atoms with E-state index in [1.165, 1.54) is 4.68 Å². The number of hydrogen-bond acceptors (Lipinski definition) is 4. The SMILES string of the molecule is CC(C)N(C)C(=O)Cn1nc2n(c1=O)CCNC2. The van der Waals surface area contributed by atoms with Crippen LogP contribution in [0.5, 0.6) is 0 Å². The van der Waals surface area contributed by atoms with E-state index >= 15 is 0 Å². The second kappa shape index (κ2) is 4.93. The summed E-state index contributed by atoms with van der Waals surface area (Å²) in [4.78, 5) is 25.5. The summed E-state index contributed by atoms with van der Waals surface area (Å²) in [7, 11) is 1.73. The number of likely N-dealkylation sites (N-methyl/N-ethyl adjacent to an activating group) is 1. The lowest BCUT2D eigenvalue weighted by molar-refractivity contribution is -0.132. The standard InChI is InChI=1S/C11H19N5O2/c1-8(2)14(3)10(17)7-16-11(18)15-5-4-12-6-9(15)13-16/h8,12H,4-7H2,1-3H3. The van der Waals surface area contributed by atoms with Gasteiger partial charge in [-0.3, -0.25) is 9.36 Å². The highest BCUT2D eigenvalue weighted by atomic mass is 16.2. The lowest BCUT2D eigenvalue weighted by atomic mass is 10.3. The molecule has 0 radical (unpaired) electrons. The molecule has 7 nitrogen and oxygen atoms in total. The summed E-state index contributed by atoms with van der Waals surface area (Å²) in [5, 5.41) is 7.33. The molecule has 0 aromatic carbocycles. The van der Waals surface area contributed by atoms with Crippen LogP contribution in [0.1, 0.15) is 19.7 Å². The van der Waals surface area contributed by atoms with Gasteiger partial charge in [0.15, 0.2) is 0 Å². The van der Waals surface area contributed by atoms with Crippen molar-refractivity contribution in [1.82, 2.24) is 24.6 Å². The average Bonchev–Trinajstić information content (AvgIpc) is 2.66. The Morgan fingerprint density at radius 1 is 1.56 bits per heavy atom. The first kappa shape index (κ1) is 12.8. The Morgan fingerprint density at radius 3 is 2.89 bits per heavy atom. The summed E-state index contributed by atoms with van der Waals surface area (Å²) in [6.45, 7) is 5.83. The maximum Gasteiger partial charge on any atom is 0.346 e. The van der Waals surface area contributed by atoms with E-state index in [0.717, 1.165) is 6.54 Å². The van der Waals surface area contributed by atoms with E-state index in [1.54, 1.807) is 16.5 Å². The molecule has 2 rings (SSSR count). The quantitative estimate of drug-likeness (QED) is 0.751. The third kappa shape index (κ3) is 2.31. The van der Waals surface area contributed by atoms with Crippen molar-refractivity contribution in [3.8, 4) is 0 Å². The molecule has 0 fully saturated rings. The normalized spacial score (nSPS) is 14.7. The van der Waals surface area contributed by atoms with Crippen LogP contribution in [0.15, 0.2) is 4.79 Å². The van der Waals surface area contributed by atoms with Crippen molar-refractivity contribution in [2.45, 2.75) is 39.5 Å². The van der Waals surface area contributed by atoms with Gasteiger partial charge in [0, 0.05) is 26.2 Å². The summed E-state index contributed by atoms with van der Waals surface area (Å²) in [6, 6.07) is 0.118. The molecule has 7 heteroatoms. The van der Waals surface area contributed by atoms with Crippen molar-refractivity contribution in [3.05, 3.63) is 16.3 Å². The van der Waals surface area contributed by atoms with Crippen LogP contribution in [0.4, 0.5) is 0 Å². The fourth-order valence-electron chi connectivity index (χ4n) is 1.86. The lowest BCUT2D eigenvalue weighted by Gasteiger charge is -2.20. The highest BCUT2D eigenvalue weighted by Crippen LogP contribution is 2.00. The largest absolute Gasteiger partial charge is 0.346 e. The van der Waals surface area contributed by atoms with Crippen molar-refractivity contribution in [3.63, 3.8) is 0 Å². The number of fused-ring (bicyclic) bond motifs is 1. The van der Waals surface area contributed by atoms with Crippen LogP contribution in [-0.4, -0.2) is 44.8 Å². The fourth-order valence-corrected chi connectivity index (χ4v) is 1.86. The Morgan fingerprint density at radius 2 is 2.28 bits per heavy atom. The predicted molar refractivity (Wildman–Crippen MR) is 66.1 cm³/mol. The van der Waals surface area contributed by atoms with E-state index in [2.05, 4.69) is 10.4 Å². The highest BCUT2D eigenvalue weighted by Gasteiger charge is 2.19. The number of nitrogens with zero attached hydrogens (tertiary/aromatic N) is 4. The minimum absolute atomic E-state index is 0.00745. The van der Waals surface area contributed by atoms with Gasteiger partial charge in [-0.1, -0.05) is 0 Å². The van der Waals surface area contributed by atoms with Gasteiger partial charge in [0.1, 0.15) is 12.4 Å². The number of aromatic nitrogens is 3. The summed E-state index contributed by atoms with van der Waals surface area (Å²) < 4.78 is 2.88. The van der Waals surface area contributed by atoms with Crippen LogP contribution in [0.25, 0.3) is 0 Å². The van der Waals surface area contributed by atoms with Crippen LogP contribution in [0.2, 0.25) is 0 Å². The van der Waals surface area contributed by atoms with E-state index in [9.17, 15) is 9.59 Å². The second-order valence-corrected chi connectivity index (χ2v) is 4.78. The molecule has 0 atom stereocenters. The van der Waals surface area contributed by atoms with E-state index in [0.29, 0.717) is 18.9 Å². The van der Waals surface area contributed by atoms with Crippen molar-refractivity contribution in [2.24, 2.45) is 0 Å². The van der Waals surface area contributed by atoms with Crippen LogP contribution in [-0.2, 0) is 24.4 Å². The molecule has 1 amide bonds. The fraction of sp³-hybridized carbons (Fsp3) is 0.727. The van der Waals surface area contributed by atoms with Gasteiger partial charge in [0.25, 0.3) is 0 Å². The van der Waals surface area contributed by atoms with E-state index in [4.69, 9.17) is 0 Å². The first-order chi connectivity index (χ1) is 8.50. The molecule has 1 aliphatic rings.